The lowest BCUT2D eigenvalue weighted by Gasteiger charge is -2.45. The summed E-state index contributed by atoms with van der Waals surface area (Å²) in [6.07, 6.45) is 2.40. The zero-order chi connectivity index (χ0) is 21.8. The maximum atomic E-state index is 13.6. The van der Waals surface area contributed by atoms with Crippen LogP contribution >= 0.6 is 0 Å². The van der Waals surface area contributed by atoms with Crippen molar-refractivity contribution in [3.63, 3.8) is 0 Å². The average Bonchev–Trinajstić information content (AvgIpc) is 3.06. The molecular weight excluding hydrogens is 392 g/mol. The molecule has 2 aliphatic heterocycles. The Labute approximate surface area is 182 Å². The fourth-order valence-electron chi connectivity index (χ4n) is 5.27. The molecule has 31 heavy (non-hydrogen) atoms. The van der Waals surface area contributed by atoms with E-state index in [0.717, 1.165) is 47.4 Å². The van der Waals surface area contributed by atoms with Crippen LogP contribution < -0.4 is 4.74 Å². The molecule has 0 unspecified atom stereocenters. The fraction of sp³-hybridized carbons (Fsp3) is 0.458. The van der Waals surface area contributed by atoms with E-state index in [0.29, 0.717) is 25.3 Å². The molecule has 162 valence electrons. The van der Waals surface area contributed by atoms with E-state index in [9.17, 15) is 4.79 Å². The molecule has 1 spiro atoms. The maximum absolute atomic E-state index is 13.6. The lowest BCUT2D eigenvalue weighted by atomic mass is 9.78. The first-order chi connectivity index (χ1) is 14.9. The molecule has 7 heteroatoms. The van der Waals surface area contributed by atoms with E-state index < -0.39 is 0 Å². The van der Waals surface area contributed by atoms with Gasteiger partial charge in [0.2, 0.25) is 0 Å². The predicted octanol–water partition coefficient (Wildman–Crippen LogP) is 3.30. The molecule has 1 amide bonds. The Morgan fingerprint density at radius 2 is 2.00 bits per heavy atom. The summed E-state index contributed by atoms with van der Waals surface area (Å²) < 4.78 is 13.8. The number of pyridine rings is 1. The summed E-state index contributed by atoms with van der Waals surface area (Å²) in [6.45, 7) is 5.83. The van der Waals surface area contributed by atoms with E-state index in [2.05, 4.69) is 16.1 Å². The Morgan fingerprint density at radius 3 is 2.74 bits per heavy atom. The van der Waals surface area contributed by atoms with Crippen molar-refractivity contribution < 1.29 is 14.3 Å². The Balaban J connectivity index is 1.46. The molecule has 1 saturated heterocycles. The zero-order valence-electron chi connectivity index (χ0n) is 18.6. The van der Waals surface area contributed by atoms with Crippen LogP contribution in [0.5, 0.6) is 5.75 Å². The van der Waals surface area contributed by atoms with Crippen molar-refractivity contribution >= 4 is 16.9 Å². The Morgan fingerprint density at radius 1 is 1.23 bits per heavy atom. The lowest BCUT2D eigenvalue weighted by Crippen LogP contribution is -2.48. The van der Waals surface area contributed by atoms with Gasteiger partial charge in [-0.15, -0.1) is 0 Å². The fourth-order valence-corrected chi connectivity index (χ4v) is 5.27. The van der Waals surface area contributed by atoms with E-state index in [4.69, 9.17) is 9.47 Å². The van der Waals surface area contributed by atoms with Gasteiger partial charge in [-0.05, 0) is 50.8 Å². The minimum absolute atomic E-state index is 0.0394. The number of hydrogen-bond acceptors (Lipinski definition) is 5. The molecule has 7 nitrogen and oxygen atoms in total. The molecule has 0 radical (unpaired) electrons. The van der Waals surface area contributed by atoms with Gasteiger partial charge in [-0.1, -0.05) is 12.1 Å². The van der Waals surface area contributed by atoms with E-state index in [1.807, 2.05) is 44.0 Å². The van der Waals surface area contributed by atoms with Gasteiger partial charge in [0.15, 0.2) is 5.65 Å². The second-order valence-electron chi connectivity index (χ2n) is 8.60. The first-order valence-electron chi connectivity index (χ1n) is 10.8. The minimum Gasteiger partial charge on any atom is -0.496 e. The van der Waals surface area contributed by atoms with E-state index in [1.54, 1.807) is 11.8 Å². The van der Waals surface area contributed by atoms with E-state index >= 15 is 0 Å². The van der Waals surface area contributed by atoms with Crippen LogP contribution in [-0.4, -0.2) is 52.4 Å². The normalized spacial score (nSPS) is 17.7. The van der Waals surface area contributed by atoms with Gasteiger partial charge in [-0.25, -0.2) is 4.98 Å². The van der Waals surface area contributed by atoms with Crippen LogP contribution in [0.15, 0.2) is 24.3 Å². The zero-order valence-corrected chi connectivity index (χ0v) is 18.6. The van der Waals surface area contributed by atoms with Gasteiger partial charge in [0, 0.05) is 31.4 Å². The van der Waals surface area contributed by atoms with Crippen molar-refractivity contribution in [1.29, 1.82) is 0 Å². The van der Waals surface area contributed by atoms with Crippen molar-refractivity contribution in [2.24, 2.45) is 7.05 Å². The number of aromatic nitrogens is 3. The van der Waals surface area contributed by atoms with Gasteiger partial charge < -0.3 is 14.4 Å². The van der Waals surface area contributed by atoms with Crippen molar-refractivity contribution in [2.45, 2.75) is 38.7 Å². The molecule has 1 aromatic carbocycles. The number of nitrogens with zero attached hydrogens (tertiary/aromatic N) is 4. The number of carbonyl (C=O) groups excluding carboxylic acids is 1. The number of rotatable bonds is 2. The van der Waals surface area contributed by atoms with Crippen LogP contribution in [0, 0.1) is 13.8 Å². The summed E-state index contributed by atoms with van der Waals surface area (Å²) in [5.41, 5.74) is 5.17. The molecule has 5 rings (SSSR count). The highest BCUT2D eigenvalue weighted by Crippen LogP contribution is 2.46. The lowest BCUT2D eigenvalue weighted by molar-refractivity contribution is -0.0946. The summed E-state index contributed by atoms with van der Waals surface area (Å²) in [5, 5.41) is 5.33. The number of methoxy groups -OCH3 is 1. The number of piperidine rings is 1. The minimum atomic E-state index is -0.384. The van der Waals surface area contributed by atoms with Crippen LogP contribution in [0.4, 0.5) is 0 Å². The molecule has 0 N–H and O–H groups in total. The Hall–Kier alpha value is -2.93. The topological polar surface area (TPSA) is 69.5 Å². The number of fused-ring (bicyclic) bond motifs is 3. The highest BCUT2D eigenvalue weighted by molar-refractivity contribution is 6.06. The smallest absolute Gasteiger partial charge is 0.254 e. The van der Waals surface area contributed by atoms with Gasteiger partial charge >= 0.3 is 0 Å². The Bertz CT molecular complexity index is 1160. The van der Waals surface area contributed by atoms with Gasteiger partial charge in [0.25, 0.3) is 5.91 Å². The third kappa shape index (κ3) is 3.10. The predicted molar refractivity (Wildman–Crippen MR) is 117 cm³/mol. The summed E-state index contributed by atoms with van der Waals surface area (Å²) >= 11 is 0. The molecule has 0 bridgehead atoms. The largest absolute Gasteiger partial charge is 0.496 e. The van der Waals surface area contributed by atoms with Gasteiger partial charge in [0.05, 0.1) is 30.4 Å². The van der Waals surface area contributed by atoms with Crippen LogP contribution in [0.2, 0.25) is 0 Å². The maximum Gasteiger partial charge on any atom is 0.254 e. The van der Waals surface area contributed by atoms with Gasteiger partial charge in [-0.2, -0.15) is 5.10 Å². The summed E-state index contributed by atoms with van der Waals surface area (Å²) in [5.74, 6) is 0.923. The molecule has 3 aromatic rings. The monoisotopic (exact) mass is 420 g/mol. The first-order valence-corrected chi connectivity index (χ1v) is 10.8. The summed E-state index contributed by atoms with van der Waals surface area (Å²) in [4.78, 5) is 20.1. The average molecular weight is 421 g/mol. The third-order valence-corrected chi connectivity index (χ3v) is 6.72. The summed E-state index contributed by atoms with van der Waals surface area (Å²) in [6, 6.07) is 8.11. The van der Waals surface area contributed by atoms with Gasteiger partial charge in [0.1, 0.15) is 11.4 Å². The highest BCUT2D eigenvalue weighted by Gasteiger charge is 2.44. The molecule has 1 fully saturated rings. The third-order valence-electron chi connectivity index (χ3n) is 6.72. The van der Waals surface area contributed by atoms with Gasteiger partial charge in [-0.3, -0.25) is 9.48 Å². The molecule has 2 aromatic heterocycles. The quantitative estimate of drug-likeness (QED) is 0.636. The number of likely N-dealkylation sites (tertiary alicyclic amines) is 1. The molecule has 0 saturated carbocycles. The van der Waals surface area contributed by atoms with E-state index in [-0.39, 0.29) is 11.5 Å². The first kappa shape index (κ1) is 20.0. The molecular formula is C24H28N4O3. The van der Waals surface area contributed by atoms with Crippen molar-refractivity contribution in [3.8, 4) is 5.75 Å². The number of carbonyl (C=O) groups is 1. The van der Waals surface area contributed by atoms with Crippen LogP contribution in [-0.2, 0) is 23.8 Å². The molecule has 0 aliphatic carbocycles. The number of benzene rings is 1. The number of aryl methyl sites for hydroxylation is 3. The Kier molecular flexibility index (Phi) is 4.73. The number of amides is 1. The van der Waals surface area contributed by atoms with Crippen molar-refractivity contribution in [1.82, 2.24) is 19.7 Å². The van der Waals surface area contributed by atoms with Crippen LogP contribution in [0.3, 0.4) is 0 Å². The number of ether oxygens (including phenoxy) is 2. The molecule has 4 heterocycles. The van der Waals surface area contributed by atoms with Crippen molar-refractivity contribution in [2.75, 3.05) is 26.8 Å². The van der Waals surface area contributed by atoms with Crippen molar-refractivity contribution in [3.05, 3.63) is 52.3 Å². The second-order valence-corrected chi connectivity index (χ2v) is 8.60. The summed E-state index contributed by atoms with van der Waals surface area (Å²) in [7, 11) is 3.58. The van der Waals surface area contributed by atoms with E-state index in [1.165, 1.54) is 11.1 Å². The van der Waals surface area contributed by atoms with Crippen LogP contribution in [0.1, 0.15) is 45.7 Å². The second kappa shape index (κ2) is 7.34. The highest BCUT2D eigenvalue weighted by atomic mass is 16.5. The molecule has 2 aliphatic rings. The SMILES string of the molecule is COc1cccc2c1C1(CCN(C(=O)c3cc(C)nc4c3c(C)nn4C)CC1)OCC2. The van der Waals surface area contributed by atoms with Crippen LogP contribution in [0.25, 0.3) is 11.0 Å². The molecule has 0 atom stereocenters. The number of hydrogen-bond donors (Lipinski definition) is 0. The standard InChI is InChI=1S/C24H28N4O3/c1-15-14-18(20-16(2)26-27(3)22(20)25-15)23(29)28-11-9-24(10-12-28)21-17(8-13-31-24)6-5-7-19(21)30-4/h5-7,14H,8-13H2,1-4H3.